The molecule has 4 aromatic carbocycles. The van der Waals surface area contributed by atoms with E-state index in [1.807, 2.05) is 0 Å². The molecule has 360 valence electrons. The van der Waals surface area contributed by atoms with Crippen LogP contribution in [0.25, 0.3) is 21.5 Å². The number of hydrogen-bond acceptors (Lipinski definition) is 10. The second-order valence-electron chi connectivity index (χ2n) is 17.5. The van der Waals surface area contributed by atoms with Gasteiger partial charge < -0.3 is 29.9 Å². The summed E-state index contributed by atoms with van der Waals surface area (Å²) in [6.07, 6.45) is -8.17. The van der Waals surface area contributed by atoms with E-state index in [1.165, 1.54) is 36.4 Å². The van der Waals surface area contributed by atoms with E-state index in [0.717, 1.165) is 0 Å². The number of hydrogen-bond donors (Lipinski definition) is 4. The summed E-state index contributed by atoms with van der Waals surface area (Å²) in [5.74, 6) is -3.21. The molecule has 0 spiro atoms. The molecule has 0 aliphatic heterocycles. The van der Waals surface area contributed by atoms with E-state index < -0.39 is 70.3 Å². The van der Waals surface area contributed by atoms with Gasteiger partial charge in [0.25, 0.3) is 11.8 Å². The van der Waals surface area contributed by atoms with Crippen LogP contribution in [0.5, 0.6) is 0 Å². The molecule has 2 amide bonds. The van der Waals surface area contributed by atoms with E-state index in [9.17, 15) is 55.7 Å². The van der Waals surface area contributed by atoms with Crippen molar-refractivity contribution in [2.45, 2.75) is 112 Å². The molecular weight excluding hydrogens is 945 g/mol. The number of fused-ring (bicyclic) bond motifs is 2. The molecular formula is C48H44Cl2F6N4O8. The molecule has 2 saturated carbocycles. The van der Waals surface area contributed by atoms with Crippen molar-refractivity contribution in [2.24, 2.45) is 0 Å². The van der Waals surface area contributed by atoms with Crippen LogP contribution in [0.4, 0.5) is 37.7 Å². The van der Waals surface area contributed by atoms with Gasteiger partial charge in [0, 0.05) is 55.9 Å². The summed E-state index contributed by atoms with van der Waals surface area (Å²) in [5.41, 5.74) is -9.41. The van der Waals surface area contributed by atoms with Gasteiger partial charge in [0.05, 0.1) is 22.2 Å². The number of amides is 2. The molecule has 2 atom stereocenters. The number of nitrogens with one attached hydrogen (secondary N) is 2. The van der Waals surface area contributed by atoms with Crippen LogP contribution < -0.4 is 21.9 Å². The van der Waals surface area contributed by atoms with Crippen LogP contribution >= 0.6 is 23.2 Å². The molecule has 2 unspecified atom stereocenters. The number of carbonyl (C=O) groups is 2. The summed E-state index contributed by atoms with van der Waals surface area (Å²) >= 11 is 12.7. The second-order valence-corrected chi connectivity index (χ2v) is 18.4. The Morgan fingerprint density at radius 2 is 0.926 bits per heavy atom. The minimum atomic E-state index is -5.25. The fourth-order valence-corrected chi connectivity index (χ4v) is 10.3. The van der Waals surface area contributed by atoms with Gasteiger partial charge in [-0.25, -0.2) is 9.59 Å². The van der Waals surface area contributed by atoms with Crippen molar-refractivity contribution in [3.05, 3.63) is 138 Å². The summed E-state index contributed by atoms with van der Waals surface area (Å²) < 4.78 is 94.8. The quantitative estimate of drug-likeness (QED) is 0.0963. The molecule has 0 saturated heterocycles. The van der Waals surface area contributed by atoms with Gasteiger partial charge in [-0.3, -0.25) is 9.59 Å². The number of halogens is 8. The standard InChI is InChI=1S/2C24H22ClF3N2O4/c2*1-14-17-12-15(8-9-16(17)20(31)34-30-14)29-21(32)23(33,24(26,27)28)13-22(10-4-5-11-22)18-6-2-3-7-19(18)25/h2*2-3,6-9,12,33H,4-5,10-11,13H2,1H3,(H,29,32). The number of benzene rings is 4. The van der Waals surface area contributed by atoms with Crippen LogP contribution in [-0.2, 0) is 20.4 Å². The lowest BCUT2D eigenvalue weighted by molar-refractivity contribution is -0.255. The van der Waals surface area contributed by atoms with Crippen molar-refractivity contribution in [2.75, 3.05) is 10.6 Å². The van der Waals surface area contributed by atoms with Crippen molar-refractivity contribution in [3.63, 3.8) is 0 Å². The highest BCUT2D eigenvalue weighted by Gasteiger charge is 2.64. The van der Waals surface area contributed by atoms with E-state index in [-0.39, 0.29) is 22.1 Å². The first-order valence-electron chi connectivity index (χ1n) is 21.5. The van der Waals surface area contributed by atoms with Crippen LogP contribution in [0.3, 0.4) is 0 Å². The Balaban J connectivity index is 0.000000201. The van der Waals surface area contributed by atoms with E-state index in [4.69, 9.17) is 23.2 Å². The van der Waals surface area contributed by atoms with Gasteiger partial charge in [0.2, 0.25) is 11.2 Å². The van der Waals surface area contributed by atoms with Crippen molar-refractivity contribution in [1.82, 2.24) is 10.3 Å². The van der Waals surface area contributed by atoms with E-state index in [2.05, 4.69) is 30.0 Å². The number of carbonyl (C=O) groups excluding carboxylic acids is 2. The third kappa shape index (κ3) is 9.60. The van der Waals surface area contributed by atoms with Gasteiger partial charge in [-0.05, 0) is 99.2 Å². The highest BCUT2D eigenvalue weighted by Crippen LogP contribution is 2.53. The number of nitrogens with zero attached hydrogens (tertiary/aromatic N) is 2. The third-order valence-electron chi connectivity index (χ3n) is 13.2. The van der Waals surface area contributed by atoms with Crippen molar-refractivity contribution >= 4 is 67.9 Å². The lowest BCUT2D eigenvalue weighted by Gasteiger charge is -2.39. The average molecular weight is 990 g/mol. The normalized spacial score (nSPS) is 17.5. The Morgan fingerprint density at radius 1 is 0.588 bits per heavy atom. The van der Waals surface area contributed by atoms with E-state index >= 15 is 0 Å². The predicted molar refractivity (Wildman–Crippen MR) is 242 cm³/mol. The molecule has 2 aliphatic rings. The van der Waals surface area contributed by atoms with Crippen LogP contribution in [0.2, 0.25) is 10.0 Å². The lowest BCUT2D eigenvalue weighted by Crippen LogP contribution is -2.57. The summed E-state index contributed by atoms with van der Waals surface area (Å²) in [6.45, 7) is 3.10. The SMILES string of the molecule is Cc1noc(=O)c2ccc(NC(=O)C(O)(CC3(c4ccccc4Cl)CCCC3)C(F)(F)F)cc12.Cc1noc(=O)c2ccc(NC(=O)C(O)(CC3(c4ccccc4Cl)CCCC3)C(F)(F)F)cc12. The summed E-state index contributed by atoms with van der Waals surface area (Å²) in [7, 11) is 0. The fourth-order valence-electron chi connectivity index (χ4n) is 9.65. The summed E-state index contributed by atoms with van der Waals surface area (Å²) in [6, 6.07) is 21.0. The van der Waals surface area contributed by atoms with Crippen molar-refractivity contribution in [1.29, 1.82) is 0 Å². The van der Waals surface area contributed by atoms with Gasteiger partial charge in [0.15, 0.2) is 0 Å². The third-order valence-corrected chi connectivity index (χ3v) is 13.9. The van der Waals surface area contributed by atoms with Crippen LogP contribution in [0, 0.1) is 13.8 Å². The first-order chi connectivity index (χ1) is 31.9. The van der Waals surface area contributed by atoms with Crippen molar-refractivity contribution in [3.8, 4) is 0 Å². The number of aliphatic hydroxyl groups is 2. The Morgan fingerprint density at radius 3 is 1.25 bits per heavy atom. The van der Waals surface area contributed by atoms with E-state index in [0.29, 0.717) is 94.7 Å². The second kappa shape index (κ2) is 18.9. The molecule has 20 heteroatoms. The zero-order valence-electron chi connectivity index (χ0n) is 36.4. The molecule has 0 bridgehead atoms. The molecule has 0 radical (unpaired) electrons. The van der Waals surface area contributed by atoms with Gasteiger partial charge in [-0.2, -0.15) is 26.3 Å². The molecule has 2 aliphatic carbocycles. The summed E-state index contributed by atoms with van der Waals surface area (Å²) in [4.78, 5) is 49.7. The molecule has 6 aromatic rings. The maximum atomic E-state index is 14.3. The molecule has 12 nitrogen and oxygen atoms in total. The zero-order chi connectivity index (χ0) is 49.5. The zero-order valence-corrected chi connectivity index (χ0v) is 37.9. The molecule has 2 fully saturated rings. The topological polar surface area (TPSA) is 185 Å². The number of anilines is 2. The Bertz CT molecular complexity index is 2800. The molecule has 2 heterocycles. The monoisotopic (exact) mass is 988 g/mol. The Hall–Kier alpha value is -5.82. The number of aromatic nitrogens is 2. The van der Waals surface area contributed by atoms with Crippen LogP contribution in [0.1, 0.15) is 86.7 Å². The first kappa shape index (κ1) is 50.1. The van der Waals surface area contributed by atoms with Crippen LogP contribution in [0.15, 0.2) is 104 Å². The molecule has 68 heavy (non-hydrogen) atoms. The number of rotatable bonds is 10. The van der Waals surface area contributed by atoms with Crippen LogP contribution in [-0.4, -0.2) is 55.9 Å². The molecule has 4 N–H and O–H groups in total. The maximum absolute atomic E-state index is 14.3. The van der Waals surface area contributed by atoms with Gasteiger partial charge >= 0.3 is 23.6 Å². The number of alkyl halides is 6. The smallest absolute Gasteiger partial charge is 0.373 e. The van der Waals surface area contributed by atoms with E-state index in [1.54, 1.807) is 62.4 Å². The Kier molecular flexibility index (Phi) is 13.9. The van der Waals surface area contributed by atoms with Gasteiger partial charge in [-0.15, -0.1) is 0 Å². The van der Waals surface area contributed by atoms with Gasteiger partial charge in [0.1, 0.15) is 0 Å². The minimum Gasteiger partial charge on any atom is -0.373 e. The minimum absolute atomic E-state index is 0.0195. The van der Waals surface area contributed by atoms with Gasteiger partial charge in [-0.1, -0.05) is 95.6 Å². The summed E-state index contributed by atoms with van der Waals surface area (Å²) in [5, 5.41) is 34.9. The van der Waals surface area contributed by atoms with Crippen molar-refractivity contribution < 1.29 is 55.2 Å². The average Bonchev–Trinajstić information content (AvgIpc) is 3.97. The predicted octanol–water partition coefficient (Wildman–Crippen LogP) is 10.6. The highest BCUT2D eigenvalue weighted by atomic mass is 35.5. The largest absolute Gasteiger partial charge is 0.426 e. The lowest BCUT2D eigenvalue weighted by atomic mass is 9.70. The molecule has 8 rings (SSSR count). The number of aryl methyl sites for hydroxylation is 2. The Labute approximate surface area is 393 Å². The maximum Gasteiger partial charge on any atom is 0.426 e. The highest BCUT2D eigenvalue weighted by molar-refractivity contribution is 6.31. The fraction of sp³-hybridized carbons (Fsp3) is 0.375. The molecule has 2 aromatic heterocycles. The first-order valence-corrected chi connectivity index (χ1v) is 22.2.